The van der Waals surface area contributed by atoms with Crippen LogP contribution in [0.1, 0.15) is 24.8 Å². The van der Waals surface area contributed by atoms with E-state index in [4.69, 9.17) is 4.42 Å². The van der Waals surface area contributed by atoms with Crippen LogP contribution in [-0.2, 0) is 11.8 Å². The van der Waals surface area contributed by atoms with Gasteiger partial charge in [0.15, 0.2) is 11.5 Å². The average molecular weight is 228 g/mol. The van der Waals surface area contributed by atoms with E-state index in [1.54, 1.807) is 0 Å². The molecular formula is C14H16N2O. The van der Waals surface area contributed by atoms with Gasteiger partial charge in [0.05, 0.1) is 0 Å². The third-order valence-corrected chi connectivity index (χ3v) is 4.37. The highest BCUT2D eigenvalue weighted by molar-refractivity contribution is 5.74. The molecule has 2 aliphatic rings. The fourth-order valence-electron chi connectivity index (χ4n) is 3.23. The number of oxazole rings is 1. The van der Waals surface area contributed by atoms with Crippen LogP contribution in [0.2, 0.25) is 0 Å². The summed E-state index contributed by atoms with van der Waals surface area (Å²) in [6, 6.07) is 6.53. The van der Waals surface area contributed by atoms with E-state index in [9.17, 15) is 0 Å². The molecule has 1 N–H and O–H groups in total. The van der Waals surface area contributed by atoms with E-state index in [0.29, 0.717) is 5.41 Å². The zero-order valence-electron chi connectivity index (χ0n) is 9.99. The molecule has 88 valence electrons. The molecule has 17 heavy (non-hydrogen) atoms. The molecular weight excluding hydrogens is 212 g/mol. The van der Waals surface area contributed by atoms with Gasteiger partial charge in [-0.3, -0.25) is 0 Å². The smallest absolute Gasteiger partial charge is 0.195 e. The van der Waals surface area contributed by atoms with Crippen LogP contribution in [0.25, 0.3) is 11.1 Å². The minimum absolute atomic E-state index is 0.416. The summed E-state index contributed by atoms with van der Waals surface area (Å²) in [6.07, 6.45) is 2.20. The summed E-state index contributed by atoms with van der Waals surface area (Å²) >= 11 is 0. The van der Waals surface area contributed by atoms with Gasteiger partial charge >= 0.3 is 0 Å². The number of nitrogens with one attached hydrogen (secondary N) is 1. The van der Waals surface area contributed by atoms with E-state index in [1.165, 1.54) is 18.5 Å². The third-order valence-electron chi connectivity index (χ3n) is 4.37. The lowest BCUT2D eigenvalue weighted by Crippen LogP contribution is -2.19. The molecule has 3 heteroatoms. The van der Waals surface area contributed by atoms with Crippen LogP contribution >= 0.6 is 0 Å². The molecule has 2 aromatic rings. The molecule has 1 aromatic carbocycles. The van der Waals surface area contributed by atoms with Crippen molar-refractivity contribution in [3.63, 3.8) is 0 Å². The van der Waals surface area contributed by atoms with Crippen molar-refractivity contribution in [2.75, 3.05) is 13.1 Å². The van der Waals surface area contributed by atoms with Gasteiger partial charge in [0.25, 0.3) is 0 Å². The number of benzene rings is 1. The van der Waals surface area contributed by atoms with Gasteiger partial charge in [-0.05, 0) is 36.6 Å². The van der Waals surface area contributed by atoms with Crippen molar-refractivity contribution in [2.45, 2.75) is 25.2 Å². The highest BCUT2D eigenvalue weighted by Crippen LogP contribution is 2.56. The number of nitrogens with zero attached hydrogens (tertiary/aromatic N) is 1. The van der Waals surface area contributed by atoms with Crippen LogP contribution in [0.5, 0.6) is 0 Å². The van der Waals surface area contributed by atoms with Crippen molar-refractivity contribution in [2.24, 2.45) is 5.92 Å². The number of piperidine rings is 1. The molecule has 0 radical (unpaired) electrons. The van der Waals surface area contributed by atoms with E-state index in [2.05, 4.69) is 35.4 Å². The number of hydrogen-bond donors (Lipinski definition) is 1. The maximum atomic E-state index is 5.65. The van der Waals surface area contributed by atoms with Crippen molar-refractivity contribution in [3.05, 3.63) is 29.7 Å². The van der Waals surface area contributed by atoms with E-state index in [1.807, 2.05) is 0 Å². The topological polar surface area (TPSA) is 38.1 Å². The molecule has 1 saturated heterocycles. The Morgan fingerprint density at radius 1 is 1.53 bits per heavy atom. The van der Waals surface area contributed by atoms with Crippen molar-refractivity contribution in [1.82, 2.24) is 10.3 Å². The van der Waals surface area contributed by atoms with E-state index < -0.39 is 0 Å². The predicted molar refractivity (Wildman–Crippen MR) is 66.0 cm³/mol. The quantitative estimate of drug-likeness (QED) is 0.856. The molecule has 0 unspecified atom stereocenters. The van der Waals surface area contributed by atoms with Gasteiger partial charge in [0.1, 0.15) is 5.52 Å². The molecule has 0 amide bonds. The molecule has 2 fully saturated rings. The largest absolute Gasteiger partial charge is 0.441 e. The Labute approximate surface area is 100 Å². The molecule has 2 atom stereocenters. The summed E-state index contributed by atoms with van der Waals surface area (Å²) in [5, 5.41) is 3.48. The van der Waals surface area contributed by atoms with E-state index in [0.717, 1.165) is 35.9 Å². The number of fused-ring (bicyclic) bond motifs is 2. The van der Waals surface area contributed by atoms with Gasteiger partial charge in [-0.2, -0.15) is 0 Å². The molecule has 1 aliphatic heterocycles. The standard InChI is InChI=1S/C14H16N2O/c1-2-13-16-11-5-9(3-4-12(11)17-13)14-6-10(14)7-15-8-14/h3-5,10,15H,2,6-8H2,1H3/t10-,14+/m1/s1. The summed E-state index contributed by atoms with van der Waals surface area (Å²) in [5.41, 5.74) is 3.80. The minimum atomic E-state index is 0.416. The van der Waals surface area contributed by atoms with Gasteiger partial charge in [0.2, 0.25) is 0 Å². The Morgan fingerprint density at radius 2 is 2.47 bits per heavy atom. The lowest BCUT2D eigenvalue weighted by Gasteiger charge is -2.11. The van der Waals surface area contributed by atoms with Gasteiger partial charge in [0, 0.05) is 18.4 Å². The maximum Gasteiger partial charge on any atom is 0.195 e. The second-order valence-corrected chi connectivity index (χ2v) is 5.33. The van der Waals surface area contributed by atoms with Crippen LogP contribution in [0.3, 0.4) is 0 Å². The second kappa shape index (κ2) is 3.10. The zero-order valence-corrected chi connectivity index (χ0v) is 9.99. The Bertz CT molecular complexity index is 589. The lowest BCUT2D eigenvalue weighted by molar-refractivity contribution is 0.538. The van der Waals surface area contributed by atoms with E-state index >= 15 is 0 Å². The highest BCUT2D eigenvalue weighted by Gasteiger charge is 2.58. The van der Waals surface area contributed by atoms with Crippen LogP contribution in [0.4, 0.5) is 0 Å². The van der Waals surface area contributed by atoms with Crippen molar-refractivity contribution < 1.29 is 4.42 Å². The normalized spacial score (nSPS) is 30.8. The fraction of sp³-hybridized carbons (Fsp3) is 0.500. The monoisotopic (exact) mass is 228 g/mol. The first-order valence-electron chi connectivity index (χ1n) is 6.42. The van der Waals surface area contributed by atoms with Crippen LogP contribution in [-0.4, -0.2) is 18.1 Å². The van der Waals surface area contributed by atoms with Crippen LogP contribution in [0, 0.1) is 5.92 Å². The molecule has 0 spiro atoms. The second-order valence-electron chi connectivity index (χ2n) is 5.33. The molecule has 2 heterocycles. The lowest BCUT2D eigenvalue weighted by atomic mass is 9.95. The van der Waals surface area contributed by atoms with Crippen LogP contribution < -0.4 is 5.32 Å². The molecule has 3 nitrogen and oxygen atoms in total. The summed E-state index contributed by atoms with van der Waals surface area (Å²) in [4.78, 5) is 4.53. The number of aryl methyl sites for hydroxylation is 1. The highest BCUT2D eigenvalue weighted by atomic mass is 16.3. The van der Waals surface area contributed by atoms with Crippen molar-refractivity contribution in [1.29, 1.82) is 0 Å². The van der Waals surface area contributed by atoms with Crippen molar-refractivity contribution >= 4 is 11.1 Å². The first-order valence-corrected chi connectivity index (χ1v) is 6.42. The maximum absolute atomic E-state index is 5.65. The Kier molecular flexibility index (Phi) is 1.76. The van der Waals surface area contributed by atoms with Crippen LogP contribution in [0.15, 0.2) is 22.6 Å². The molecule has 4 rings (SSSR count). The minimum Gasteiger partial charge on any atom is -0.441 e. The molecule has 1 aromatic heterocycles. The predicted octanol–water partition coefficient (Wildman–Crippen LogP) is 2.25. The summed E-state index contributed by atoms with van der Waals surface area (Å²) in [6.45, 7) is 4.38. The van der Waals surface area contributed by atoms with Gasteiger partial charge in [-0.1, -0.05) is 13.0 Å². The molecule has 0 bridgehead atoms. The molecule has 1 saturated carbocycles. The average Bonchev–Trinajstić information content (AvgIpc) is 2.77. The summed E-state index contributed by atoms with van der Waals surface area (Å²) in [7, 11) is 0. The Hall–Kier alpha value is -1.35. The molecule has 1 aliphatic carbocycles. The van der Waals surface area contributed by atoms with Gasteiger partial charge in [-0.25, -0.2) is 4.98 Å². The van der Waals surface area contributed by atoms with E-state index in [-0.39, 0.29) is 0 Å². The summed E-state index contributed by atoms with van der Waals surface area (Å²) in [5.74, 6) is 1.68. The van der Waals surface area contributed by atoms with Crippen molar-refractivity contribution in [3.8, 4) is 0 Å². The SMILES string of the molecule is CCc1nc2cc([C@]34CNC[C@H]3C4)ccc2o1. The third kappa shape index (κ3) is 1.23. The Morgan fingerprint density at radius 3 is 3.18 bits per heavy atom. The summed E-state index contributed by atoms with van der Waals surface area (Å²) < 4.78 is 5.65. The Balaban J connectivity index is 1.82. The zero-order chi connectivity index (χ0) is 11.5. The first kappa shape index (κ1) is 9.66. The first-order chi connectivity index (χ1) is 8.32. The fourth-order valence-corrected chi connectivity index (χ4v) is 3.23. The number of aromatic nitrogens is 1. The number of rotatable bonds is 2. The van der Waals surface area contributed by atoms with Gasteiger partial charge < -0.3 is 9.73 Å². The van der Waals surface area contributed by atoms with Gasteiger partial charge in [-0.15, -0.1) is 0 Å². The number of hydrogen-bond acceptors (Lipinski definition) is 3.